The standard InChI is InChI=1S/C16H23N/c1-15(2,3)12-9-7-8-11-10-13(16(4,5)6)17-14(11)12/h7-10,17H,1-6H3. The maximum atomic E-state index is 3.61. The number of rotatable bonds is 0. The predicted molar refractivity (Wildman–Crippen MR) is 75.7 cm³/mol. The van der Waals surface area contributed by atoms with Gasteiger partial charge < -0.3 is 4.98 Å². The minimum atomic E-state index is 0.175. The highest BCUT2D eigenvalue weighted by Crippen LogP contribution is 2.32. The highest BCUT2D eigenvalue weighted by molar-refractivity contribution is 5.84. The third kappa shape index (κ3) is 2.24. The molecule has 1 aromatic carbocycles. The first-order chi connectivity index (χ1) is 7.69. The molecule has 92 valence electrons. The van der Waals surface area contributed by atoms with Crippen LogP contribution in [-0.4, -0.2) is 4.98 Å². The summed E-state index contributed by atoms with van der Waals surface area (Å²) in [6, 6.07) is 8.86. The van der Waals surface area contributed by atoms with Gasteiger partial charge in [-0.25, -0.2) is 0 Å². The molecule has 0 fully saturated rings. The Morgan fingerprint density at radius 2 is 1.53 bits per heavy atom. The van der Waals surface area contributed by atoms with Crippen LogP contribution < -0.4 is 0 Å². The van der Waals surface area contributed by atoms with E-state index in [0.29, 0.717) is 0 Å². The molecule has 0 atom stereocenters. The van der Waals surface area contributed by atoms with E-state index in [1.54, 1.807) is 0 Å². The number of benzene rings is 1. The molecule has 1 N–H and O–H groups in total. The van der Waals surface area contributed by atoms with E-state index >= 15 is 0 Å². The molecule has 0 saturated carbocycles. The number of aromatic nitrogens is 1. The van der Waals surface area contributed by atoms with Crippen molar-refractivity contribution in [2.24, 2.45) is 0 Å². The van der Waals surface area contributed by atoms with E-state index in [1.807, 2.05) is 0 Å². The van der Waals surface area contributed by atoms with Gasteiger partial charge in [0.05, 0.1) is 0 Å². The number of hydrogen-bond acceptors (Lipinski definition) is 0. The Morgan fingerprint density at radius 3 is 2.06 bits per heavy atom. The van der Waals surface area contributed by atoms with Gasteiger partial charge >= 0.3 is 0 Å². The number of para-hydroxylation sites is 1. The Hall–Kier alpha value is -1.24. The molecular formula is C16H23N. The number of fused-ring (bicyclic) bond motifs is 1. The maximum absolute atomic E-state index is 3.61. The fourth-order valence-corrected chi connectivity index (χ4v) is 2.19. The molecule has 1 aromatic heterocycles. The van der Waals surface area contributed by atoms with E-state index in [-0.39, 0.29) is 10.8 Å². The smallest absolute Gasteiger partial charge is 0.0494 e. The van der Waals surface area contributed by atoms with E-state index in [1.165, 1.54) is 22.2 Å². The Labute approximate surface area is 104 Å². The van der Waals surface area contributed by atoms with Crippen molar-refractivity contribution >= 4 is 10.9 Å². The zero-order valence-corrected chi connectivity index (χ0v) is 11.8. The van der Waals surface area contributed by atoms with Gasteiger partial charge in [0.15, 0.2) is 0 Å². The maximum Gasteiger partial charge on any atom is 0.0494 e. The van der Waals surface area contributed by atoms with Crippen molar-refractivity contribution in [3.8, 4) is 0 Å². The van der Waals surface area contributed by atoms with Gasteiger partial charge in [0.2, 0.25) is 0 Å². The van der Waals surface area contributed by atoms with Crippen LogP contribution >= 0.6 is 0 Å². The Kier molecular flexibility index (Phi) is 2.61. The largest absolute Gasteiger partial charge is 0.358 e. The van der Waals surface area contributed by atoms with Gasteiger partial charge in [0.1, 0.15) is 0 Å². The van der Waals surface area contributed by atoms with Crippen molar-refractivity contribution in [2.45, 2.75) is 52.4 Å². The number of hydrogen-bond donors (Lipinski definition) is 1. The lowest BCUT2D eigenvalue weighted by Crippen LogP contribution is -2.13. The molecule has 1 heterocycles. The average molecular weight is 229 g/mol. The normalized spacial score (nSPS) is 13.3. The summed E-state index contributed by atoms with van der Waals surface area (Å²) in [5, 5.41) is 1.32. The van der Waals surface area contributed by atoms with E-state index in [9.17, 15) is 0 Å². The van der Waals surface area contributed by atoms with Gasteiger partial charge in [0.25, 0.3) is 0 Å². The summed E-state index contributed by atoms with van der Waals surface area (Å²) in [4.78, 5) is 3.61. The lowest BCUT2D eigenvalue weighted by atomic mass is 9.86. The zero-order valence-electron chi connectivity index (χ0n) is 11.8. The van der Waals surface area contributed by atoms with Gasteiger partial charge in [0, 0.05) is 16.6 Å². The Morgan fingerprint density at radius 1 is 0.882 bits per heavy atom. The molecule has 0 spiro atoms. The number of nitrogens with one attached hydrogen (secondary N) is 1. The van der Waals surface area contributed by atoms with Gasteiger partial charge in [-0.15, -0.1) is 0 Å². The molecule has 0 saturated heterocycles. The van der Waals surface area contributed by atoms with Crippen molar-refractivity contribution in [1.29, 1.82) is 0 Å². The summed E-state index contributed by atoms with van der Waals surface area (Å²) in [6.45, 7) is 13.5. The third-order valence-electron chi connectivity index (χ3n) is 3.27. The molecule has 0 amide bonds. The highest BCUT2D eigenvalue weighted by Gasteiger charge is 2.21. The van der Waals surface area contributed by atoms with Gasteiger partial charge in [-0.3, -0.25) is 0 Å². The fourth-order valence-electron chi connectivity index (χ4n) is 2.19. The molecule has 0 aliphatic heterocycles. The van der Waals surface area contributed by atoms with E-state index in [0.717, 1.165) is 0 Å². The minimum absolute atomic E-state index is 0.175. The molecule has 0 aliphatic rings. The van der Waals surface area contributed by atoms with E-state index < -0.39 is 0 Å². The molecule has 1 nitrogen and oxygen atoms in total. The molecule has 0 unspecified atom stereocenters. The summed E-state index contributed by atoms with van der Waals surface area (Å²) in [6.07, 6.45) is 0. The van der Waals surface area contributed by atoms with Crippen LogP contribution in [0.15, 0.2) is 24.3 Å². The van der Waals surface area contributed by atoms with E-state index in [4.69, 9.17) is 0 Å². The van der Waals surface area contributed by atoms with E-state index in [2.05, 4.69) is 70.8 Å². The minimum Gasteiger partial charge on any atom is -0.358 e. The fraction of sp³-hybridized carbons (Fsp3) is 0.500. The summed E-state index contributed by atoms with van der Waals surface area (Å²) < 4.78 is 0. The summed E-state index contributed by atoms with van der Waals surface area (Å²) in [5.41, 5.74) is 4.35. The monoisotopic (exact) mass is 229 g/mol. The van der Waals surface area contributed by atoms with Crippen LogP contribution in [-0.2, 0) is 10.8 Å². The van der Waals surface area contributed by atoms with Crippen LogP contribution in [0.2, 0.25) is 0 Å². The van der Waals surface area contributed by atoms with Crippen molar-refractivity contribution in [3.05, 3.63) is 35.5 Å². The second kappa shape index (κ2) is 3.63. The third-order valence-corrected chi connectivity index (χ3v) is 3.27. The quantitative estimate of drug-likeness (QED) is 0.670. The molecule has 0 radical (unpaired) electrons. The summed E-state index contributed by atoms with van der Waals surface area (Å²) in [7, 11) is 0. The van der Waals surface area contributed by atoms with Gasteiger partial charge in [-0.05, 0) is 22.4 Å². The first-order valence-electron chi connectivity index (χ1n) is 6.32. The Balaban J connectivity index is 2.70. The molecule has 0 aliphatic carbocycles. The van der Waals surface area contributed by atoms with Crippen molar-refractivity contribution < 1.29 is 0 Å². The summed E-state index contributed by atoms with van der Waals surface area (Å²) in [5.74, 6) is 0. The lowest BCUT2D eigenvalue weighted by molar-refractivity contribution is 0.571. The molecule has 17 heavy (non-hydrogen) atoms. The zero-order chi connectivity index (χ0) is 12.8. The first-order valence-corrected chi connectivity index (χ1v) is 6.32. The van der Waals surface area contributed by atoms with Crippen LogP contribution in [0.4, 0.5) is 0 Å². The van der Waals surface area contributed by atoms with Crippen LogP contribution in [0, 0.1) is 0 Å². The second-order valence-corrected chi connectivity index (χ2v) is 6.95. The van der Waals surface area contributed by atoms with Gasteiger partial charge in [-0.2, -0.15) is 0 Å². The molecular weight excluding hydrogens is 206 g/mol. The van der Waals surface area contributed by atoms with Crippen molar-refractivity contribution in [3.63, 3.8) is 0 Å². The molecule has 2 aromatic rings. The van der Waals surface area contributed by atoms with Crippen molar-refractivity contribution in [1.82, 2.24) is 4.98 Å². The van der Waals surface area contributed by atoms with Crippen LogP contribution in [0.5, 0.6) is 0 Å². The Bertz CT molecular complexity index is 533. The number of aromatic amines is 1. The predicted octanol–water partition coefficient (Wildman–Crippen LogP) is 4.76. The van der Waals surface area contributed by atoms with Crippen LogP contribution in [0.1, 0.15) is 52.8 Å². The molecule has 1 heteroatoms. The molecule has 2 rings (SSSR count). The molecule has 0 bridgehead atoms. The van der Waals surface area contributed by atoms with Gasteiger partial charge in [-0.1, -0.05) is 59.7 Å². The lowest BCUT2D eigenvalue weighted by Gasteiger charge is -2.20. The SMILES string of the molecule is CC(C)(C)c1cc2cccc(C(C)(C)C)c2[nH]1. The average Bonchev–Trinajstić information content (AvgIpc) is 2.57. The van der Waals surface area contributed by atoms with Crippen LogP contribution in [0.3, 0.4) is 0 Å². The number of H-pyrrole nitrogens is 1. The van der Waals surface area contributed by atoms with Crippen LogP contribution in [0.25, 0.3) is 10.9 Å². The summed E-state index contributed by atoms with van der Waals surface area (Å²) >= 11 is 0. The first kappa shape index (κ1) is 12.2. The topological polar surface area (TPSA) is 15.8 Å². The second-order valence-electron chi connectivity index (χ2n) is 6.95. The highest BCUT2D eigenvalue weighted by atomic mass is 14.7. The van der Waals surface area contributed by atoms with Crippen molar-refractivity contribution in [2.75, 3.05) is 0 Å².